The second kappa shape index (κ2) is 9.15. The molecule has 0 radical (unpaired) electrons. The van der Waals surface area contributed by atoms with Gasteiger partial charge in [0.05, 0.1) is 12.7 Å². The predicted molar refractivity (Wildman–Crippen MR) is 87.5 cm³/mol. The maximum atomic E-state index is 5.74. The molecule has 1 N–H and O–H groups in total. The van der Waals surface area contributed by atoms with Crippen LogP contribution in [0.25, 0.3) is 0 Å². The quantitative estimate of drug-likeness (QED) is 0.733. The second-order valence-electron chi connectivity index (χ2n) is 6.04. The van der Waals surface area contributed by atoms with Gasteiger partial charge in [-0.15, -0.1) is 0 Å². The zero-order valence-corrected chi connectivity index (χ0v) is 13.4. The lowest BCUT2D eigenvalue weighted by Crippen LogP contribution is -2.45. The third kappa shape index (κ3) is 6.57. The lowest BCUT2D eigenvalue weighted by atomic mass is 10.2. The van der Waals surface area contributed by atoms with E-state index >= 15 is 0 Å². The number of hydrogen-bond donors (Lipinski definition) is 1. The van der Waals surface area contributed by atoms with E-state index in [1.165, 1.54) is 12.0 Å². The van der Waals surface area contributed by atoms with Gasteiger partial charge in [-0.2, -0.15) is 0 Å². The summed E-state index contributed by atoms with van der Waals surface area (Å²) >= 11 is 0. The monoisotopic (exact) mass is 291 g/mol. The molecule has 4 nitrogen and oxygen atoms in total. The van der Waals surface area contributed by atoms with E-state index in [4.69, 9.17) is 4.74 Å². The van der Waals surface area contributed by atoms with E-state index in [1.807, 2.05) is 0 Å². The zero-order chi connectivity index (χ0) is 14.9. The van der Waals surface area contributed by atoms with Crippen LogP contribution >= 0.6 is 0 Å². The number of benzene rings is 1. The van der Waals surface area contributed by atoms with E-state index in [-0.39, 0.29) is 0 Å². The van der Waals surface area contributed by atoms with Gasteiger partial charge < -0.3 is 19.9 Å². The van der Waals surface area contributed by atoms with Gasteiger partial charge in [0, 0.05) is 26.2 Å². The minimum Gasteiger partial charge on any atom is -0.374 e. The van der Waals surface area contributed by atoms with Crippen molar-refractivity contribution in [1.82, 2.24) is 15.1 Å². The van der Waals surface area contributed by atoms with Crippen molar-refractivity contribution in [1.29, 1.82) is 0 Å². The molecule has 1 atom stereocenters. The normalized spacial score (nSPS) is 20.0. The summed E-state index contributed by atoms with van der Waals surface area (Å²) in [6, 6.07) is 10.6. The zero-order valence-electron chi connectivity index (χ0n) is 13.4. The standard InChI is InChI=1S/C17H29N3O/c1-19(14-16-7-4-3-5-8-16)10-6-9-18-13-17-15-20(2)11-12-21-17/h3-5,7-8,17-18H,6,9-15H2,1-2H3. The molecule has 0 aliphatic carbocycles. The first-order valence-electron chi connectivity index (χ1n) is 7.97. The molecule has 0 amide bonds. The highest BCUT2D eigenvalue weighted by Crippen LogP contribution is 2.03. The molecular weight excluding hydrogens is 262 g/mol. The number of nitrogens with zero attached hydrogens (tertiary/aromatic N) is 2. The Morgan fingerprint density at radius 1 is 1.33 bits per heavy atom. The highest BCUT2D eigenvalue weighted by molar-refractivity contribution is 5.14. The number of hydrogen-bond acceptors (Lipinski definition) is 4. The fraction of sp³-hybridized carbons (Fsp3) is 0.647. The summed E-state index contributed by atoms with van der Waals surface area (Å²) in [5.74, 6) is 0. The largest absolute Gasteiger partial charge is 0.374 e. The van der Waals surface area contributed by atoms with Gasteiger partial charge in [-0.3, -0.25) is 0 Å². The minimum atomic E-state index is 0.353. The van der Waals surface area contributed by atoms with E-state index in [0.717, 1.165) is 45.9 Å². The molecule has 0 spiro atoms. The first-order chi connectivity index (χ1) is 10.2. The summed E-state index contributed by atoms with van der Waals surface area (Å²) < 4.78 is 5.74. The Labute approximate surface area is 129 Å². The number of morpholine rings is 1. The summed E-state index contributed by atoms with van der Waals surface area (Å²) in [4.78, 5) is 4.71. The topological polar surface area (TPSA) is 27.7 Å². The molecule has 1 aromatic carbocycles. The van der Waals surface area contributed by atoms with Crippen LogP contribution in [0.2, 0.25) is 0 Å². The van der Waals surface area contributed by atoms with Crippen molar-refractivity contribution >= 4 is 0 Å². The van der Waals surface area contributed by atoms with Crippen LogP contribution in [0.15, 0.2) is 30.3 Å². The van der Waals surface area contributed by atoms with Gasteiger partial charge in [0.15, 0.2) is 0 Å². The van der Waals surface area contributed by atoms with Gasteiger partial charge in [-0.1, -0.05) is 30.3 Å². The first kappa shape index (κ1) is 16.4. The molecule has 1 fully saturated rings. The van der Waals surface area contributed by atoms with Crippen LogP contribution in [0, 0.1) is 0 Å². The Kier molecular flexibility index (Phi) is 7.16. The number of ether oxygens (including phenoxy) is 1. The van der Waals surface area contributed by atoms with Gasteiger partial charge in [-0.05, 0) is 39.2 Å². The first-order valence-corrected chi connectivity index (χ1v) is 7.97. The van der Waals surface area contributed by atoms with Crippen LogP contribution in [0.3, 0.4) is 0 Å². The average molecular weight is 291 g/mol. The van der Waals surface area contributed by atoms with E-state index in [1.54, 1.807) is 0 Å². The van der Waals surface area contributed by atoms with Crippen LogP contribution in [-0.2, 0) is 11.3 Å². The lowest BCUT2D eigenvalue weighted by molar-refractivity contribution is -0.0180. The molecule has 1 aliphatic heterocycles. The van der Waals surface area contributed by atoms with Crippen molar-refractivity contribution in [2.75, 3.05) is 53.4 Å². The van der Waals surface area contributed by atoms with Crippen LogP contribution in [-0.4, -0.2) is 69.3 Å². The number of likely N-dealkylation sites (N-methyl/N-ethyl adjacent to an activating group) is 1. The molecule has 4 heteroatoms. The molecule has 0 bridgehead atoms. The van der Waals surface area contributed by atoms with Crippen molar-refractivity contribution in [3.8, 4) is 0 Å². The summed E-state index contributed by atoms with van der Waals surface area (Å²) in [5.41, 5.74) is 1.38. The Bertz CT molecular complexity index is 385. The van der Waals surface area contributed by atoms with Gasteiger partial charge in [0.1, 0.15) is 0 Å². The molecule has 1 aliphatic rings. The van der Waals surface area contributed by atoms with Crippen molar-refractivity contribution in [2.24, 2.45) is 0 Å². The van der Waals surface area contributed by atoms with Crippen LogP contribution in [0.1, 0.15) is 12.0 Å². The van der Waals surface area contributed by atoms with Gasteiger partial charge in [0.25, 0.3) is 0 Å². The van der Waals surface area contributed by atoms with Crippen LogP contribution in [0.4, 0.5) is 0 Å². The highest BCUT2D eigenvalue weighted by Gasteiger charge is 2.16. The third-order valence-corrected chi connectivity index (χ3v) is 3.90. The Balaban J connectivity index is 1.51. The molecule has 1 unspecified atom stereocenters. The molecule has 21 heavy (non-hydrogen) atoms. The maximum absolute atomic E-state index is 5.74. The summed E-state index contributed by atoms with van der Waals surface area (Å²) in [5, 5.41) is 3.52. The summed E-state index contributed by atoms with van der Waals surface area (Å²) in [7, 11) is 4.35. The fourth-order valence-electron chi connectivity index (χ4n) is 2.70. The maximum Gasteiger partial charge on any atom is 0.0826 e. The highest BCUT2D eigenvalue weighted by atomic mass is 16.5. The molecule has 0 saturated carbocycles. The third-order valence-electron chi connectivity index (χ3n) is 3.90. The van der Waals surface area contributed by atoms with Gasteiger partial charge in [0.2, 0.25) is 0 Å². The SMILES string of the molecule is CN(CCCNCC1CN(C)CCO1)Cc1ccccc1. The molecule has 2 rings (SSSR count). The second-order valence-corrected chi connectivity index (χ2v) is 6.04. The van der Waals surface area contributed by atoms with Gasteiger partial charge >= 0.3 is 0 Å². The van der Waals surface area contributed by atoms with Crippen LogP contribution < -0.4 is 5.32 Å². The molecular formula is C17H29N3O. The fourth-order valence-corrected chi connectivity index (χ4v) is 2.70. The van der Waals surface area contributed by atoms with E-state index in [0.29, 0.717) is 6.10 Å². The predicted octanol–water partition coefficient (Wildman–Crippen LogP) is 1.43. The molecule has 0 aromatic heterocycles. The Morgan fingerprint density at radius 2 is 2.14 bits per heavy atom. The van der Waals surface area contributed by atoms with Crippen molar-refractivity contribution in [2.45, 2.75) is 19.1 Å². The summed E-state index contributed by atoms with van der Waals surface area (Å²) in [6.07, 6.45) is 1.53. The number of rotatable bonds is 8. The minimum absolute atomic E-state index is 0.353. The molecule has 1 heterocycles. The molecule has 118 valence electrons. The average Bonchev–Trinajstić information content (AvgIpc) is 2.48. The van der Waals surface area contributed by atoms with E-state index in [2.05, 4.69) is 59.5 Å². The van der Waals surface area contributed by atoms with Gasteiger partial charge in [-0.25, -0.2) is 0 Å². The van der Waals surface area contributed by atoms with Crippen molar-refractivity contribution in [3.63, 3.8) is 0 Å². The lowest BCUT2D eigenvalue weighted by Gasteiger charge is -2.30. The summed E-state index contributed by atoms with van der Waals surface area (Å²) in [6.45, 7) is 7.13. The van der Waals surface area contributed by atoms with E-state index in [9.17, 15) is 0 Å². The van der Waals surface area contributed by atoms with Crippen molar-refractivity contribution in [3.05, 3.63) is 35.9 Å². The number of nitrogens with one attached hydrogen (secondary N) is 1. The van der Waals surface area contributed by atoms with Crippen molar-refractivity contribution < 1.29 is 4.74 Å². The Hall–Kier alpha value is -0.940. The van der Waals surface area contributed by atoms with E-state index < -0.39 is 0 Å². The van der Waals surface area contributed by atoms with Crippen LogP contribution in [0.5, 0.6) is 0 Å². The molecule has 1 saturated heterocycles. The Morgan fingerprint density at radius 3 is 2.90 bits per heavy atom. The molecule has 1 aromatic rings. The smallest absolute Gasteiger partial charge is 0.0826 e.